The van der Waals surface area contributed by atoms with E-state index >= 15 is 0 Å². The van der Waals surface area contributed by atoms with E-state index in [4.69, 9.17) is 14.3 Å². The number of halogens is 1. The number of hydrogen-bond donors (Lipinski definition) is 2. The molecule has 0 saturated carbocycles. The zero-order chi connectivity index (χ0) is 21.9. The number of anilines is 1. The molecule has 162 valence electrons. The summed E-state index contributed by atoms with van der Waals surface area (Å²) >= 11 is 1.11. The largest absolute Gasteiger partial charge is 0.506 e. The Kier molecular flexibility index (Phi) is 6.40. The van der Waals surface area contributed by atoms with Crippen molar-refractivity contribution in [2.75, 3.05) is 18.4 Å². The molecular formula is C19H23FN4O5S. The van der Waals surface area contributed by atoms with Crippen LogP contribution in [0.2, 0.25) is 0 Å². The van der Waals surface area contributed by atoms with Crippen LogP contribution < -0.4 is 5.32 Å². The van der Waals surface area contributed by atoms with E-state index in [1.54, 1.807) is 4.90 Å². The molecule has 0 spiro atoms. The van der Waals surface area contributed by atoms with Gasteiger partial charge in [0.25, 0.3) is 5.89 Å². The third kappa shape index (κ3) is 5.56. The van der Waals surface area contributed by atoms with Crippen molar-refractivity contribution in [3.8, 4) is 0 Å². The Bertz CT molecular complexity index is 941. The molecule has 1 fully saturated rings. The summed E-state index contributed by atoms with van der Waals surface area (Å²) in [6.07, 6.45) is 3.35. The Balaban J connectivity index is 1.57. The van der Waals surface area contributed by atoms with Gasteiger partial charge in [0.2, 0.25) is 0 Å². The van der Waals surface area contributed by atoms with E-state index in [9.17, 15) is 14.0 Å². The number of ether oxygens (including phenoxy) is 1. The lowest BCUT2D eigenvalue weighted by Gasteiger charge is -2.30. The van der Waals surface area contributed by atoms with Crippen LogP contribution in [0.1, 0.15) is 50.1 Å². The monoisotopic (exact) mass is 438 g/mol. The second kappa shape index (κ2) is 8.82. The summed E-state index contributed by atoms with van der Waals surface area (Å²) < 4.78 is 24.6. The molecule has 0 unspecified atom stereocenters. The third-order valence-corrected chi connectivity index (χ3v) is 5.31. The average molecular weight is 438 g/mol. The zero-order valence-corrected chi connectivity index (χ0v) is 17.7. The molecule has 2 aromatic rings. The van der Waals surface area contributed by atoms with Gasteiger partial charge in [-0.2, -0.15) is 0 Å². The number of likely N-dealkylation sites (tertiary alicyclic amines) is 1. The maximum atomic E-state index is 14.4. The van der Waals surface area contributed by atoms with Gasteiger partial charge in [0.1, 0.15) is 11.9 Å². The predicted molar refractivity (Wildman–Crippen MR) is 109 cm³/mol. The van der Waals surface area contributed by atoms with Crippen LogP contribution in [0.15, 0.2) is 16.8 Å². The summed E-state index contributed by atoms with van der Waals surface area (Å²) in [5, 5.41) is 11.6. The van der Waals surface area contributed by atoms with Crippen molar-refractivity contribution in [1.29, 1.82) is 0 Å². The van der Waals surface area contributed by atoms with E-state index in [1.165, 1.54) is 18.5 Å². The summed E-state index contributed by atoms with van der Waals surface area (Å²) in [6.45, 7) is 6.57. The Hall–Kier alpha value is -2.95. The van der Waals surface area contributed by atoms with E-state index in [0.717, 1.165) is 11.3 Å². The minimum absolute atomic E-state index is 0.106. The van der Waals surface area contributed by atoms with Crippen molar-refractivity contribution in [3.63, 3.8) is 0 Å². The van der Waals surface area contributed by atoms with Crippen molar-refractivity contribution in [2.24, 2.45) is 0 Å². The van der Waals surface area contributed by atoms with Crippen molar-refractivity contribution < 1.29 is 28.2 Å². The van der Waals surface area contributed by atoms with Gasteiger partial charge in [-0.15, -0.1) is 0 Å². The van der Waals surface area contributed by atoms with Crippen LogP contribution >= 0.6 is 11.3 Å². The molecule has 2 aromatic heterocycles. The van der Waals surface area contributed by atoms with Gasteiger partial charge in [-0.3, -0.25) is 5.32 Å². The Labute approximate surface area is 176 Å². The maximum absolute atomic E-state index is 14.4. The van der Waals surface area contributed by atoms with Crippen molar-refractivity contribution in [3.05, 3.63) is 28.9 Å². The first-order valence-electron chi connectivity index (χ1n) is 9.37. The van der Waals surface area contributed by atoms with Gasteiger partial charge in [0, 0.05) is 37.5 Å². The Morgan fingerprint density at radius 3 is 2.63 bits per heavy atom. The van der Waals surface area contributed by atoms with E-state index in [1.807, 2.05) is 20.8 Å². The molecule has 2 amide bonds. The molecule has 0 aliphatic carbocycles. The molecule has 3 heterocycles. The molecule has 0 radical (unpaired) electrons. The first-order valence-corrected chi connectivity index (χ1v) is 10.2. The number of piperidine rings is 1. The summed E-state index contributed by atoms with van der Waals surface area (Å²) in [4.78, 5) is 33.0. The van der Waals surface area contributed by atoms with E-state index < -0.39 is 18.1 Å². The highest BCUT2D eigenvalue weighted by Crippen LogP contribution is 2.28. The molecule has 11 heteroatoms. The highest BCUT2D eigenvalue weighted by atomic mass is 32.1. The molecule has 0 atom stereocenters. The van der Waals surface area contributed by atoms with Crippen molar-refractivity contribution in [1.82, 2.24) is 14.9 Å². The highest BCUT2D eigenvalue weighted by molar-refractivity contribution is 7.16. The standard InChI is InChI=1S/C19H23FN4O5S/c1-19(2,3)14-10-21-15(29-14)13(20)8-12-9-22-16(30-12)23-17(25)24-6-4-11(5-7-24)28-18(26)27/h8-11H,4-7H2,1-3H3,(H,26,27)(H,22,23,25)/b13-8+. The van der Waals surface area contributed by atoms with Gasteiger partial charge in [-0.25, -0.2) is 23.9 Å². The number of urea groups is 1. The zero-order valence-electron chi connectivity index (χ0n) is 16.8. The molecule has 0 aromatic carbocycles. The molecular weight excluding hydrogens is 415 g/mol. The lowest BCUT2D eigenvalue weighted by atomic mass is 9.94. The van der Waals surface area contributed by atoms with Gasteiger partial charge in [0.15, 0.2) is 11.0 Å². The Morgan fingerprint density at radius 2 is 2.03 bits per heavy atom. The van der Waals surface area contributed by atoms with Gasteiger partial charge < -0.3 is 19.2 Å². The Morgan fingerprint density at radius 1 is 1.33 bits per heavy atom. The number of carboxylic acid groups (broad SMARTS) is 1. The van der Waals surface area contributed by atoms with Gasteiger partial charge in [0.05, 0.1) is 11.1 Å². The van der Waals surface area contributed by atoms with Crippen LogP contribution in [0, 0.1) is 0 Å². The number of aromatic nitrogens is 2. The fraction of sp³-hybridized carbons (Fsp3) is 0.474. The van der Waals surface area contributed by atoms with Crippen molar-refractivity contribution in [2.45, 2.75) is 45.1 Å². The average Bonchev–Trinajstić information content (AvgIpc) is 3.31. The molecule has 0 bridgehead atoms. The van der Waals surface area contributed by atoms with Crippen LogP contribution in [0.5, 0.6) is 0 Å². The molecule has 2 N–H and O–H groups in total. The normalized spacial score (nSPS) is 15.9. The number of nitrogens with one attached hydrogen (secondary N) is 1. The van der Waals surface area contributed by atoms with Crippen LogP contribution in [-0.2, 0) is 10.2 Å². The minimum atomic E-state index is -1.31. The number of hydrogen-bond acceptors (Lipinski definition) is 7. The molecule has 30 heavy (non-hydrogen) atoms. The first-order chi connectivity index (χ1) is 14.1. The summed E-state index contributed by atoms with van der Waals surface area (Å²) in [7, 11) is 0. The van der Waals surface area contributed by atoms with E-state index in [2.05, 4.69) is 15.3 Å². The van der Waals surface area contributed by atoms with Gasteiger partial charge in [-0.05, 0) is 6.08 Å². The van der Waals surface area contributed by atoms with Crippen LogP contribution in [0.25, 0.3) is 11.9 Å². The summed E-state index contributed by atoms with van der Waals surface area (Å²) in [5.74, 6) is -0.159. The second-order valence-corrected chi connectivity index (χ2v) is 8.90. The number of carbonyl (C=O) groups excluding carboxylic acids is 1. The number of thiazole rings is 1. The minimum Gasteiger partial charge on any atom is -0.450 e. The van der Waals surface area contributed by atoms with Gasteiger partial charge in [-0.1, -0.05) is 32.1 Å². The second-order valence-electron chi connectivity index (χ2n) is 7.84. The summed E-state index contributed by atoms with van der Waals surface area (Å²) in [6, 6.07) is -0.350. The first kappa shape index (κ1) is 21.8. The smallest absolute Gasteiger partial charge is 0.450 e. The van der Waals surface area contributed by atoms with Gasteiger partial charge >= 0.3 is 12.2 Å². The maximum Gasteiger partial charge on any atom is 0.506 e. The lowest BCUT2D eigenvalue weighted by Crippen LogP contribution is -2.43. The number of amides is 2. The quantitative estimate of drug-likeness (QED) is 0.671. The molecule has 1 aliphatic rings. The predicted octanol–water partition coefficient (Wildman–Crippen LogP) is 4.59. The topological polar surface area (TPSA) is 118 Å². The number of nitrogens with zero attached hydrogens (tertiary/aromatic N) is 3. The molecule has 1 saturated heterocycles. The molecule has 3 rings (SSSR count). The van der Waals surface area contributed by atoms with Crippen LogP contribution in [0.3, 0.4) is 0 Å². The van der Waals surface area contributed by atoms with E-state index in [0.29, 0.717) is 41.7 Å². The molecule has 1 aliphatic heterocycles. The number of rotatable bonds is 4. The lowest BCUT2D eigenvalue weighted by molar-refractivity contribution is 0.0267. The van der Waals surface area contributed by atoms with Crippen molar-refractivity contribution >= 4 is 40.6 Å². The summed E-state index contributed by atoms with van der Waals surface area (Å²) in [5.41, 5.74) is -0.276. The highest BCUT2D eigenvalue weighted by Gasteiger charge is 2.25. The number of carbonyl (C=O) groups is 2. The van der Waals surface area contributed by atoms with Crippen LogP contribution in [0.4, 0.5) is 19.1 Å². The molecule has 9 nitrogen and oxygen atoms in total. The fourth-order valence-corrected chi connectivity index (χ4v) is 3.55. The number of oxazole rings is 1. The van der Waals surface area contributed by atoms with E-state index in [-0.39, 0.29) is 17.3 Å². The fourth-order valence-electron chi connectivity index (χ4n) is 2.82. The third-order valence-electron chi connectivity index (χ3n) is 4.45. The van der Waals surface area contributed by atoms with Crippen LogP contribution in [-0.4, -0.2) is 51.4 Å². The SMILES string of the molecule is CC(C)(C)c1cnc(/C(F)=C\c2cnc(NC(=O)N3CCC(OC(=O)O)CC3)s2)o1.